The molecular formula is C19H22F3N5O. The van der Waals surface area contributed by atoms with Crippen LogP contribution in [0.25, 0.3) is 11.3 Å². The number of imidazole rings is 1. The van der Waals surface area contributed by atoms with Crippen molar-refractivity contribution < 1.29 is 18.0 Å². The fraction of sp³-hybridized carbons (Fsp3) is 0.526. The van der Waals surface area contributed by atoms with Gasteiger partial charge in [-0.1, -0.05) is 13.8 Å². The summed E-state index contributed by atoms with van der Waals surface area (Å²) in [6.45, 7) is 7.02. The van der Waals surface area contributed by atoms with Crippen LogP contribution in [0.5, 0.6) is 0 Å². The third-order valence-electron chi connectivity index (χ3n) is 5.71. The van der Waals surface area contributed by atoms with Crippen LogP contribution in [0.4, 0.5) is 19.0 Å². The summed E-state index contributed by atoms with van der Waals surface area (Å²) in [5.74, 6) is 1.23. The summed E-state index contributed by atoms with van der Waals surface area (Å²) in [7, 11) is 0. The molecule has 2 aromatic heterocycles. The van der Waals surface area contributed by atoms with Gasteiger partial charge in [-0.15, -0.1) is 0 Å². The number of carbonyl (C=O) groups excluding carboxylic acids is 1. The molecule has 2 N–H and O–H groups in total. The molecule has 3 heterocycles. The third kappa shape index (κ3) is 3.02. The molecular weight excluding hydrogens is 371 g/mol. The van der Waals surface area contributed by atoms with E-state index in [9.17, 15) is 18.0 Å². The first-order valence-corrected chi connectivity index (χ1v) is 9.25. The first-order valence-electron chi connectivity index (χ1n) is 9.25. The Kier molecular flexibility index (Phi) is 4.17. The lowest BCUT2D eigenvalue weighted by molar-refractivity contribution is -0.137. The molecule has 1 amide bonds. The number of rotatable bonds is 3. The Labute approximate surface area is 160 Å². The van der Waals surface area contributed by atoms with Gasteiger partial charge in [0.05, 0.1) is 11.3 Å². The number of fused-ring (bicyclic) bond motifs is 1. The van der Waals surface area contributed by atoms with Gasteiger partial charge in [-0.2, -0.15) is 13.2 Å². The first-order chi connectivity index (χ1) is 13.1. The number of halogens is 3. The number of nitrogen functional groups attached to an aromatic ring is 1. The lowest BCUT2D eigenvalue weighted by Gasteiger charge is -2.19. The van der Waals surface area contributed by atoms with Crippen molar-refractivity contribution in [3.63, 3.8) is 0 Å². The number of carbonyl (C=O) groups is 1. The van der Waals surface area contributed by atoms with Crippen LogP contribution in [0.15, 0.2) is 18.5 Å². The second-order valence-electron chi connectivity index (χ2n) is 7.94. The van der Waals surface area contributed by atoms with E-state index in [1.807, 2.05) is 24.9 Å². The normalized spacial score (nSPS) is 24.0. The zero-order chi connectivity index (χ0) is 20.4. The van der Waals surface area contributed by atoms with E-state index in [-0.39, 0.29) is 17.9 Å². The van der Waals surface area contributed by atoms with Crippen LogP contribution in [-0.2, 0) is 11.0 Å². The largest absolute Gasteiger partial charge is 0.419 e. The van der Waals surface area contributed by atoms with Gasteiger partial charge in [0.2, 0.25) is 5.91 Å². The molecule has 28 heavy (non-hydrogen) atoms. The van der Waals surface area contributed by atoms with Crippen molar-refractivity contribution >= 4 is 11.7 Å². The Morgan fingerprint density at radius 2 is 1.93 bits per heavy atom. The average Bonchev–Trinajstić information content (AvgIpc) is 2.99. The smallest absolute Gasteiger partial charge is 0.383 e. The molecule has 0 aromatic carbocycles. The average molecular weight is 393 g/mol. The molecule has 0 bridgehead atoms. The number of aromatic nitrogens is 3. The van der Waals surface area contributed by atoms with Crippen molar-refractivity contribution in [3.05, 3.63) is 29.8 Å². The number of likely N-dealkylation sites (tertiary alicyclic amines) is 1. The van der Waals surface area contributed by atoms with Crippen molar-refractivity contribution in [3.8, 4) is 11.3 Å². The van der Waals surface area contributed by atoms with Gasteiger partial charge in [-0.3, -0.25) is 4.79 Å². The molecule has 2 unspecified atom stereocenters. The Morgan fingerprint density at radius 1 is 1.29 bits per heavy atom. The predicted octanol–water partition coefficient (Wildman–Crippen LogP) is 3.32. The van der Waals surface area contributed by atoms with Crippen LogP contribution in [0.1, 0.15) is 44.1 Å². The molecule has 2 aromatic rings. The van der Waals surface area contributed by atoms with Gasteiger partial charge in [-0.05, 0) is 6.07 Å². The molecule has 0 spiro atoms. The summed E-state index contributed by atoms with van der Waals surface area (Å²) in [5.41, 5.74) is 5.20. The van der Waals surface area contributed by atoms with Gasteiger partial charge in [0.1, 0.15) is 11.6 Å². The van der Waals surface area contributed by atoms with Crippen LogP contribution in [0.3, 0.4) is 0 Å². The van der Waals surface area contributed by atoms with Crippen LogP contribution in [0, 0.1) is 11.8 Å². The molecule has 150 valence electrons. The molecule has 0 radical (unpaired) electrons. The number of alkyl halides is 3. The van der Waals surface area contributed by atoms with Crippen molar-refractivity contribution in [1.82, 2.24) is 19.4 Å². The zero-order valence-electron chi connectivity index (χ0n) is 15.9. The number of nitrogens with zero attached hydrogens (tertiary/aromatic N) is 4. The minimum Gasteiger partial charge on any atom is -0.383 e. The summed E-state index contributed by atoms with van der Waals surface area (Å²) < 4.78 is 41.6. The summed E-state index contributed by atoms with van der Waals surface area (Å²) in [6.07, 6.45) is -1.43. The SMILES string of the molecule is CC(=O)N1CC2C(C1)C2n1cc(-c2cnc(N)c(C(F)(F)F)c2)nc1C(C)C. The second-order valence-corrected chi connectivity index (χ2v) is 7.94. The lowest BCUT2D eigenvalue weighted by Crippen LogP contribution is -2.29. The van der Waals surface area contributed by atoms with Gasteiger partial charge in [0, 0.05) is 61.8 Å². The molecule has 2 atom stereocenters. The van der Waals surface area contributed by atoms with Crippen LogP contribution >= 0.6 is 0 Å². The van der Waals surface area contributed by atoms with E-state index >= 15 is 0 Å². The number of pyridine rings is 1. The molecule has 2 fully saturated rings. The Morgan fingerprint density at radius 3 is 2.46 bits per heavy atom. The van der Waals surface area contributed by atoms with Crippen molar-refractivity contribution in [2.24, 2.45) is 11.8 Å². The van der Waals surface area contributed by atoms with Crippen molar-refractivity contribution in [2.45, 2.75) is 38.9 Å². The maximum atomic E-state index is 13.2. The molecule has 9 heteroatoms. The van der Waals surface area contributed by atoms with Crippen LogP contribution in [0.2, 0.25) is 0 Å². The molecule has 1 saturated heterocycles. The fourth-order valence-electron chi connectivity index (χ4n) is 4.22. The van der Waals surface area contributed by atoms with E-state index in [1.54, 1.807) is 6.92 Å². The maximum absolute atomic E-state index is 13.2. The summed E-state index contributed by atoms with van der Waals surface area (Å²) in [5, 5.41) is 0. The number of hydrogen-bond acceptors (Lipinski definition) is 4. The van der Waals surface area contributed by atoms with E-state index in [0.717, 1.165) is 25.0 Å². The minimum absolute atomic E-state index is 0.0778. The Hall–Kier alpha value is -2.58. The van der Waals surface area contributed by atoms with Crippen molar-refractivity contribution in [1.29, 1.82) is 0 Å². The lowest BCUT2D eigenvalue weighted by atomic mass is 10.1. The third-order valence-corrected chi connectivity index (χ3v) is 5.71. The fourth-order valence-corrected chi connectivity index (χ4v) is 4.22. The van der Waals surface area contributed by atoms with Crippen LogP contribution < -0.4 is 5.73 Å². The highest BCUT2D eigenvalue weighted by molar-refractivity contribution is 5.74. The standard InChI is InChI=1S/C19H22F3N5O/c1-9(2)18-25-15(11-4-14(19(20,21)22)17(23)24-5-11)8-27(18)16-12-6-26(10(3)28)7-13(12)16/h4-5,8-9,12-13,16H,6-7H2,1-3H3,(H2,23,24). The van der Waals surface area contributed by atoms with Crippen molar-refractivity contribution in [2.75, 3.05) is 18.8 Å². The van der Waals surface area contributed by atoms with E-state index in [0.29, 0.717) is 23.1 Å². The van der Waals surface area contributed by atoms with E-state index in [2.05, 4.69) is 14.5 Å². The van der Waals surface area contributed by atoms with Gasteiger partial charge in [0.15, 0.2) is 0 Å². The van der Waals surface area contributed by atoms with Gasteiger partial charge in [-0.25, -0.2) is 9.97 Å². The van der Waals surface area contributed by atoms with E-state index in [1.165, 1.54) is 6.20 Å². The van der Waals surface area contributed by atoms with E-state index in [4.69, 9.17) is 5.73 Å². The molecule has 1 aliphatic carbocycles. The minimum atomic E-state index is -4.57. The predicted molar refractivity (Wildman–Crippen MR) is 97.2 cm³/mol. The molecule has 1 saturated carbocycles. The van der Waals surface area contributed by atoms with E-state index < -0.39 is 17.6 Å². The Balaban J connectivity index is 1.67. The maximum Gasteiger partial charge on any atom is 0.419 e. The first kappa shape index (κ1) is 18.8. The molecule has 6 nitrogen and oxygen atoms in total. The van der Waals surface area contributed by atoms with Gasteiger partial charge < -0.3 is 15.2 Å². The number of amides is 1. The summed E-state index contributed by atoms with van der Waals surface area (Å²) >= 11 is 0. The van der Waals surface area contributed by atoms with Gasteiger partial charge >= 0.3 is 6.18 Å². The number of hydrogen-bond donors (Lipinski definition) is 1. The molecule has 1 aliphatic heterocycles. The number of anilines is 1. The number of piperidine rings is 1. The second kappa shape index (κ2) is 6.22. The molecule has 4 rings (SSSR count). The monoisotopic (exact) mass is 393 g/mol. The number of nitrogens with two attached hydrogens (primary N) is 1. The quantitative estimate of drug-likeness (QED) is 0.868. The summed E-state index contributed by atoms with van der Waals surface area (Å²) in [6, 6.07) is 1.24. The topological polar surface area (TPSA) is 77.0 Å². The highest BCUT2D eigenvalue weighted by Gasteiger charge is 2.58. The Bertz CT molecular complexity index is 924. The van der Waals surface area contributed by atoms with Crippen LogP contribution in [-0.4, -0.2) is 38.4 Å². The van der Waals surface area contributed by atoms with Gasteiger partial charge in [0.25, 0.3) is 0 Å². The zero-order valence-corrected chi connectivity index (χ0v) is 15.9. The highest BCUT2D eigenvalue weighted by Crippen LogP contribution is 2.56. The highest BCUT2D eigenvalue weighted by atomic mass is 19.4. The summed E-state index contributed by atoms with van der Waals surface area (Å²) in [4.78, 5) is 21.7. The molecule has 2 aliphatic rings.